The van der Waals surface area contributed by atoms with Gasteiger partial charge in [0, 0.05) is 22.8 Å². The summed E-state index contributed by atoms with van der Waals surface area (Å²) in [7, 11) is 1.42. The molecule has 0 amide bonds. The van der Waals surface area contributed by atoms with Gasteiger partial charge in [-0.25, -0.2) is 4.39 Å². The summed E-state index contributed by atoms with van der Waals surface area (Å²) in [5.41, 5.74) is 3.11. The van der Waals surface area contributed by atoms with Gasteiger partial charge in [-0.1, -0.05) is 35.8 Å². The SMILES string of the molecule is CCCN1C(=S)NC(c2cccc(Cl)c2)C(c2nc(-c3ccc(OC)c(F)c3)no2)=C1C. The Bertz CT molecular complexity index is 1200. The molecule has 0 aliphatic carbocycles. The molecule has 1 unspecified atom stereocenters. The molecular weight excluding hydrogens is 451 g/mol. The quantitative estimate of drug-likeness (QED) is 0.468. The van der Waals surface area contributed by atoms with E-state index < -0.39 is 5.82 Å². The Morgan fingerprint density at radius 1 is 1.28 bits per heavy atom. The zero-order chi connectivity index (χ0) is 22.8. The Morgan fingerprint density at radius 3 is 2.78 bits per heavy atom. The molecule has 1 aliphatic heterocycles. The predicted molar refractivity (Wildman–Crippen MR) is 126 cm³/mol. The van der Waals surface area contributed by atoms with Crippen LogP contribution in [-0.4, -0.2) is 33.8 Å². The van der Waals surface area contributed by atoms with Gasteiger partial charge in [-0.2, -0.15) is 4.98 Å². The first-order valence-corrected chi connectivity index (χ1v) is 10.9. The molecule has 1 atom stereocenters. The second kappa shape index (κ2) is 9.26. The average molecular weight is 473 g/mol. The van der Waals surface area contributed by atoms with Crippen molar-refractivity contribution in [2.24, 2.45) is 0 Å². The molecule has 9 heteroatoms. The third-order valence-corrected chi connectivity index (χ3v) is 5.87. The maximum Gasteiger partial charge on any atom is 0.258 e. The molecule has 2 heterocycles. The van der Waals surface area contributed by atoms with E-state index in [0.717, 1.165) is 29.8 Å². The van der Waals surface area contributed by atoms with Crippen LogP contribution >= 0.6 is 23.8 Å². The van der Waals surface area contributed by atoms with Crippen molar-refractivity contribution >= 4 is 34.5 Å². The molecule has 166 valence electrons. The van der Waals surface area contributed by atoms with Gasteiger partial charge < -0.3 is 19.5 Å². The Morgan fingerprint density at radius 2 is 2.09 bits per heavy atom. The summed E-state index contributed by atoms with van der Waals surface area (Å²) in [5, 5.41) is 8.71. The fourth-order valence-electron chi connectivity index (χ4n) is 3.74. The van der Waals surface area contributed by atoms with E-state index in [9.17, 15) is 4.39 Å². The van der Waals surface area contributed by atoms with Crippen molar-refractivity contribution in [2.45, 2.75) is 26.3 Å². The van der Waals surface area contributed by atoms with Crippen LogP contribution in [-0.2, 0) is 0 Å². The van der Waals surface area contributed by atoms with Gasteiger partial charge in [0.05, 0.1) is 18.7 Å². The number of benzene rings is 2. The number of hydrogen-bond donors (Lipinski definition) is 1. The van der Waals surface area contributed by atoms with Crippen molar-refractivity contribution in [1.29, 1.82) is 0 Å². The Hall–Kier alpha value is -2.97. The number of ether oxygens (including phenoxy) is 1. The molecule has 0 saturated heterocycles. The molecule has 0 fully saturated rings. The highest BCUT2D eigenvalue weighted by molar-refractivity contribution is 7.80. The van der Waals surface area contributed by atoms with E-state index in [1.807, 2.05) is 36.1 Å². The topological polar surface area (TPSA) is 63.4 Å². The van der Waals surface area contributed by atoms with Crippen LogP contribution in [0.5, 0.6) is 5.75 Å². The number of nitrogens with one attached hydrogen (secondary N) is 1. The van der Waals surface area contributed by atoms with Gasteiger partial charge in [0.2, 0.25) is 5.82 Å². The highest BCUT2D eigenvalue weighted by Gasteiger charge is 2.33. The lowest BCUT2D eigenvalue weighted by molar-refractivity contribution is 0.386. The Kier molecular flexibility index (Phi) is 6.43. The van der Waals surface area contributed by atoms with E-state index in [1.165, 1.54) is 19.2 Å². The average Bonchev–Trinajstić information content (AvgIpc) is 3.26. The number of hydrogen-bond acceptors (Lipinski definition) is 5. The van der Waals surface area contributed by atoms with Gasteiger partial charge in [0.25, 0.3) is 5.89 Å². The molecule has 1 N–H and O–H groups in total. The third kappa shape index (κ3) is 4.20. The van der Waals surface area contributed by atoms with Crippen LogP contribution in [0.4, 0.5) is 4.39 Å². The number of aromatic nitrogens is 2. The molecule has 3 aromatic rings. The fraction of sp³-hybridized carbons (Fsp3) is 0.261. The minimum atomic E-state index is -0.498. The van der Waals surface area contributed by atoms with Crippen molar-refractivity contribution in [2.75, 3.05) is 13.7 Å². The molecule has 0 bridgehead atoms. The first kappa shape index (κ1) is 22.2. The summed E-state index contributed by atoms with van der Waals surface area (Å²) >= 11 is 11.9. The second-order valence-electron chi connectivity index (χ2n) is 7.36. The van der Waals surface area contributed by atoms with Gasteiger partial charge in [-0.05, 0) is 61.5 Å². The summed E-state index contributed by atoms with van der Waals surface area (Å²) < 4.78 is 24.8. The first-order chi connectivity index (χ1) is 15.4. The smallest absolute Gasteiger partial charge is 0.258 e. The molecular formula is C23H22ClFN4O2S. The standard InChI is InChI=1S/C23H22ClFN4O2S/c1-4-10-29-13(2)19(20(26-23(29)32)14-6-5-7-16(24)11-14)22-27-21(28-31-22)15-8-9-18(30-3)17(25)12-15/h5-9,11-12,20H,4,10H2,1-3H3,(H,26,32). The molecule has 1 aliphatic rings. The van der Waals surface area contributed by atoms with Gasteiger partial charge >= 0.3 is 0 Å². The number of nitrogens with zero attached hydrogens (tertiary/aromatic N) is 3. The highest BCUT2D eigenvalue weighted by atomic mass is 35.5. The lowest BCUT2D eigenvalue weighted by Crippen LogP contribution is -2.46. The number of halogens is 2. The summed E-state index contributed by atoms with van der Waals surface area (Å²) in [4.78, 5) is 6.60. The van der Waals surface area contributed by atoms with Gasteiger partial charge in [0.15, 0.2) is 16.7 Å². The molecule has 0 spiro atoms. The molecule has 0 saturated carbocycles. The largest absolute Gasteiger partial charge is 0.494 e. The van der Waals surface area contributed by atoms with Crippen LogP contribution in [0, 0.1) is 5.82 Å². The second-order valence-corrected chi connectivity index (χ2v) is 8.18. The molecule has 4 rings (SSSR count). The molecule has 2 aromatic carbocycles. The number of thiocarbonyl (C=S) groups is 1. The zero-order valence-corrected chi connectivity index (χ0v) is 19.4. The van der Waals surface area contributed by atoms with Crippen molar-refractivity contribution in [3.8, 4) is 17.1 Å². The fourth-order valence-corrected chi connectivity index (χ4v) is 4.29. The van der Waals surface area contributed by atoms with Crippen LogP contribution in [0.25, 0.3) is 17.0 Å². The van der Waals surface area contributed by atoms with Crippen molar-refractivity contribution in [3.05, 3.63) is 70.5 Å². The molecule has 32 heavy (non-hydrogen) atoms. The highest BCUT2D eigenvalue weighted by Crippen LogP contribution is 2.38. The number of methoxy groups -OCH3 is 1. The van der Waals surface area contributed by atoms with Crippen LogP contribution < -0.4 is 10.1 Å². The van der Waals surface area contributed by atoms with Crippen molar-refractivity contribution in [3.63, 3.8) is 0 Å². The van der Waals surface area contributed by atoms with E-state index in [0.29, 0.717) is 21.6 Å². The van der Waals surface area contributed by atoms with Gasteiger partial charge in [0.1, 0.15) is 0 Å². The van der Waals surface area contributed by atoms with Crippen molar-refractivity contribution in [1.82, 2.24) is 20.4 Å². The summed E-state index contributed by atoms with van der Waals surface area (Å²) in [5.74, 6) is 0.260. The van der Waals surface area contributed by atoms with Crippen LogP contribution in [0.15, 0.2) is 52.7 Å². The lowest BCUT2D eigenvalue weighted by atomic mass is 9.95. The van der Waals surface area contributed by atoms with E-state index in [2.05, 4.69) is 22.4 Å². The van der Waals surface area contributed by atoms with E-state index >= 15 is 0 Å². The Labute approximate surface area is 196 Å². The van der Waals surface area contributed by atoms with E-state index in [1.54, 1.807) is 6.07 Å². The minimum absolute atomic E-state index is 0.150. The van der Waals surface area contributed by atoms with Crippen LogP contribution in [0.1, 0.15) is 37.8 Å². The van der Waals surface area contributed by atoms with Gasteiger partial charge in [-0.3, -0.25) is 0 Å². The predicted octanol–water partition coefficient (Wildman–Crippen LogP) is 5.61. The minimum Gasteiger partial charge on any atom is -0.494 e. The van der Waals surface area contributed by atoms with E-state index in [-0.39, 0.29) is 17.6 Å². The van der Waals surface area contributed by atoms with E-state index in [4.69, 9.17) is 33.1 Å². The number of rotatable bonds is 6. The Balaban J connectivity index is 1.80. The molecule has 0 radical (unpaired) electrons. The first-order valence-electron chi connectivity index (χ1n) is 10.1. The molecule has 1 aromatic heterocycles. The van der Waals surface area contributed by atoms with Crippen LogP contribution in [0.3, 0.4) is 0 Å². The summed E-state index contributed by atoms with van der Waals surface area (Å²) in [6, 6.07) is 11.7. The van der Waals surface area contributed by atoms with Crippen molar-refractivity contribution < 1.29 is 13.7 Å². The summed E-state index contributed by atoms with van der Waals surface area (Å²) in [6.07, 6.45) is 0.911. The third-order valence-electron chi connectivity index (χ3n) is 5.29. The van der Waals surface area contributed by atoms with Gasteiger partial charge in [-0.15, -0.1) is 0 Å². The molecule has 6 nitrogen and oxygen atoms in total. The monoisotopic (exact) mass is 472 g/mol. The maximum absolute atomic E-state index is 14.2. The zero-order valence-electron chi connectivity index (χ0n) is 17.9. The number of allylic oxidation sites excluding steroid dienone is 1. The summed E-state index contributed by atoms with van der Waals surface area (Å²) in [6.45, 7) is 4.81. The normalized spacial score (nSPS) is 16.3. The van der Waals surface area contributed by atoms with Crippen LogP contribution in [0.2, 0.25) is 5.02 Å². The maximum atomic E-state index is 14.2. The lowest BCUT2D eigenvalue weighted by Gasteiger charge is -2.37.